The minimum atomic E-state index is -3.50. The summed E-state index contributed by atoms with van der Waals surface area (Å²) in [5.41, 5.74) is 0. The van der Waals surface area contributed by atoms with E-state index in [1.807, 2.05) is 0 Å². The summed E-state index contributed by atoms with van der Waals surface area (Å²) < 4.78 is 26.9. The lowest BCUT2D eigenvalue weighted by molar-refractivity contribution is 0.388. The number of sulfonamides is 1. The molecule has 0 unspecified atom stereocenters. The van der Waals surface area contributed by atoms with E-state index in [2.05, 4.69) is 4.98 Å². The molecular formula is C12H14Cl2N2O2S. The molecule has 0 spiro atoms. The highest BCUT2D eigenvalue weighted by atomic mass is 35.5. The quantitative estimate of drug-likeness (QED) is 0.784. The lowest BCUT2D eigenvalue weighted by atomic mass is 10.4. The van der Waals surface area contributed by atoms with Crippen molar-refractivity contribution in [1.29, 1.82) is 0 Å². The molecule has 1 aromatic heterocycles. The van der Waals surface area contributed by atoms with Crippen LogP contribution in [0.15, 0.2) is 17.2 Å². The van der Waals surface area contributed by atoms with Crippen LogP contribution in [0.25, 0.3) is 0 Å². The zero-order valence-corrected chi connectivity index (χ0v) is 12.5. The van der Waals surface area contributed by atoms with Crippen molar-refractivity contribution in [3.63, 3.8) is 0 Å². The first-order valence-electron chi connectivity index (χ1n) is 6.31. The summed E-state index contributed by atoms with van der Waals surface area (Å²) in [6.45, 7) is 0.618. The Kier molecular flexibility index (Phi) is 3.50. The average molecular weight is 321 g/mol. The Morgan fingerprint density at radius 3 is 2.47 bits per heavy atom. The van der Waals surface area contributed by atoms with Gasteiger partial charge in [-0.3, -0.25) is 0 Å². The van der Waals surface area contributed by atoms with Gasteiger partial charge in [-0.1, -0.05) is 23.2 Å². The van der Waals surface area contributed by atoms with Gasteiger partial charge in [0.25, 0.3) is 0 Å². The van der Waals surface area contributed by atoms with E-state index in [1.165, 1.54) is 12.3 Å². The molecule has 0 radical (unpaired) electrons. The number of pyridine rings is 1. The largest absolute Gasteiger partial charge is 0.244 e. The van der Waals surface area contributed by atoms with Gasteiger partial charge in [0.15, 0.2) is 0 Å². The Hall–Kier alpha value is -0.360. The summed E-state index contributed by atoms with van der Waals surface area (Å²) in [6, 6.07) is 1.54. The Morgan fingerprint density at radius 2 is 1.95 bits per heavy atom. The fourth-order valence-corrected chi connectivity index (χ4v) is 4.11. The smallest absolute Gasteiger partial charge is 0.242 e. The van der Waals surface area contributed by atoms with Crippen LogP contribution in [0.1, 0.15) is 25.7 Å². The van der Waals surface area contributed by atoms with E-state index in [0.717, 1.165) is 25.7 Å². The number of aromatic nitrogens is 1. The third-order valence-corrected chi connectivity index (χ3v) is 6.04. The Bertz CT molecular complexity index is 598. The van der Waals surface area contributed by atoms with Crippen LogP contribution in [0, 0.1) is 5.92 Å². The highest BCUT2D eigenvalue weighted by Crippen LogP contribution is 2.38. The van der Waals surface area contributed by atoms with E-state index >= 15 is 0 Å². The lowest BCUT2D eigenvalue weighted by Gasteiger charge is -2.21. The van der Waals surface area contributed by atoms with Crippen molar-refractivity contribution < 1.29 is 8.42 Å². The van der Waals surface area contributed by atoms with Gasteiger partial charge in [0.1, 0.15) is 10.0 Å². The molecule has 4 nitrogen and oxygen atoms in total. The van der Waals surface area contributed by atoms with Gasteiger partial charge in [-0.2, -0.15) is 4.31 Å². The minimum Gasteiger partial charge on any atom is -0.242 e. The van der Waals surface area contributed by atoms with E-state index in [4.69, 9.17) is 23.2 Å². The van der Waals surface area contributed by atoms with Crippen LogP contribution < -0.4 is 0 Å². The summed E-state index contributed by atoms with van der Waals surface area (Å²) in [5, 5.41) is 0.297. The first-order chi connectivity index (χ1) is 8.98. The van der Waals surface area contributed by atoms with Crippen molar-refractivity contribution in [1.82, 2.24) is 9.29 Å². The molecule has 104 valence electrons. The molecule has 2 saturated carbocycles. The van der Waals surface area contributed by atoms with Gasteiger partial charge in [0, 0.05) is 18.8 Å². The summed E-state index contributed by atoms with van der Waals surface area (Å²) >= 11 is 11.6. The van der Waals surface area contributed by atoms with Gasteiger partial charge in [0.05, 0.1) is 5.02 Å². The maximum Gasteiger partial charge on any atom is 0.244 e. The van der Waals surface area contributed by atoms with E-state index in [0.29, 0.717) is 12.5 Å². The number of hydrogen-bond donors (Lipinski definition) is 0. The molecule has 0 bridgehead atoms. The third kappa shape index (κ3) is 2.89. The number of hydrogen-bond acceptors (Lipinski definition) is 3. The molecule has 0 aliphatic heterocycles. The Balaban J connectivity index is 1.92. The number of rotatable bonds is 5. The minimum absolute atomic E-state index is 0.126. The Labute approximate surface area is 122 Å². The van der Waals surface area contributed by atoms with E-state index in [1.54, 1.807) is 4.31 Å². The molecule has 2 aliphatic carbocycles. The first-order valence-corrected chi connectivity index (χ1v) is 8.51. The van der Waals surface area contributed by atoms with Crippen LogP contribution in [0.3, 0.4) is 0 Å². The average Bonchev–Trinajstić information content (AvgIpc) is 3.23. The summed E-state index contributed by atoms with van der Waals surface area (Å²) in [6.07, 6.45) is 5.42. The third-order valence-electron chi connectivity index (χ3n) is 3.47. The number of nitrogens with zero attached hydrogens (tertiary/aromatic N) is 2. The second-order valence-electron chi connectivity index (χ2n) is 5.19. The molecule has 0 N–H and O–H groups in total. The van der Waals surface area contributed by atoms with Crippen molar-refractivity contribution in [2.75, 3.05) is 6.54 Å². The maximum absolute atomic E-state index is 12.6. The van der Waals surface area contributed by atoms with Crippen LogP contribution in [0.4, 0.5) is 0 Å². The highest BCUT2D eigenvalue weighted by Gasteiger charge is 2.41. The predicted molar refractivity (Wildman–Crippen MR) is 73.9 cm³/mol. The molecule has 0 saturated heterocycles. The lowest BCUT2D eigenvalue weighted by Crippen LogP contribution is -2.35. The molecule has 0 aromatic carbocycles. The van der Waals surface area contributed by atoms with Gasteiger partial charge in [-0.25, -0.2) is 13.4 Å². The van der Waals surface area contributed by atoms with Crippen LogP contribution in [0.5, 0.6) is 0 Å². The molecule has 1 aromatic rings. The van der Waals surface area contributed by atoms with E-state index in [9.17, 15) is 8.42 Å². The summed E-state index contributed by atoms with van der Waals surface area (Å²) in [4.78, 5) is 3.96. The van der Waals surface area contributed by atoms with Gasteiger partial charge in [0.2, 0.25) is 10.0 Å². The second kappa shape index (κ2) is 4.88. The zero-order chi connectivity index (χ0) is 13.6. The van der Waals surface area contributed by atoms with Crippen LogP contribution in [-0.4, -0.2) is 30.3 Å². The van der Waals surface area contributed by atoms with Crippen molar-refractivity contribution in [2.45, 2.75) is 36.6 Å². The highest BCUT2D eigenvalue weighted by molar-refractivity contribution is 7.89. The zero-order valence-electron chi connectivity index (χ0n) is 10.2. The van der Waals surface area contributed by atoms with Crippen LogP contribution >= 0.6 is 23.2 Å². The summed E-state index contributed by atoms with van der Waals surface area (Å²) in [7, 11) is -3.50. The predicted octanol–water partition coefficient (Wildman–Crippen LogP) is 2.95. The second-order valence-corrected chi connectivity index (χ2v) is 7.85. The van der Waals surface area contributed by atoms with Crippen molar-refractivity contribution >= 4 is 33.2 Å². The fourth-order valence-electron chi connectivity index (χ4n) is 2.04. The van der Waals surface area contributed by atoms with E-state index in [-0.39, 0.29) is 21.1 Å². The SMILES string of the molecule is O=S(=O)(c1cnc(Cl)c(Cl)c1)N(CC1CC1)C1CC1. The molecule has 2 fully saturated rings. The normalized spacial score (nSPS) is 19.9. The number of halogens is 2. The molecule has 0 amide bonds. The maximum atomic E-state index is 12.6. The molecule has 19 heavy (non-hydrogen) atoms. The van der Waals surface area contributed by atoms with Crippen molar-refractivity contribution in [3.8, 4) is 0 Å². The monoisotopic (exact) mass is 320 g/mol. The molecule has 1 heterocycles. The van der Waals surface area contributed by atoms with Crippen molar-refractivity contribution in [3.05, 3.63) is 22.4 Å². The van der Waals surface area contributed by atoms with Crippen LogP contribution in [0.2, 0.25) is 10.2 Å². The van der Waals surface area contributed by atoms with Gasteiger partial charge in [-0.05, 0) is 37.7 Å². The van der Waals surface area contributed by atoms with E-state index < -0.39 is 10.0 Å². The van der Waals surface area contributed by atoms with Gasteiger partial charge >= 0.3 is 0 Å². The van der Waals surface area contributed by atoms with Crippen molar-refractivity contribution in [2.24, 2.45) is 5.92 Å². The molecular weight excluding hydrogens is 307 g/mol. The Morgan fingerprint density at radius 1 is 1.26 bits per heavy atom. The van der Waals surface area contributed by atoms with Crippen LogP contribution in [-0.2, 0) is 10.0 Å². The molecule has 7 heteroatoms. The van der Waals surface area contributed by atoms with Gasteiger partial charge < -0.3 is 0 Å². The molecule has 2 aliphatic rings. The molecule has 0 atom stereocenters. The summed E-state index contributed by atoms with van der Waals surface area (Å²) in [5.74, 6) is 0.520. The fraction of sp³-hybridized carbons (Fsp3) is 0.583. The topological polar surface area (TPSA) is 50.3 Å². The molecule has 3 rings (SSSR count). The van der Waals surface area contributed by atoms with Gasteiger partial charge in [-0.15, -0.1) is 0 Å². The first kappa shape index (κ1) is 13.6. The standard InChI is InChI=1S/C12H14Cl2N2O2S/c13-11-5-10(6-15-12(11)14)19(17,18)16(9-3-4-9)7-8-1-2-8/h5-6,8-9H,1-4,7H2.